The van der Waals surface area contributed by atoms with Crippen LogP contribution in [0.3, 0.4) is 0 Å². The van der Waals surface area contributed by atoms with Gasteiger partial charge in [0.15, 0.2) is 17.5 Å². The third kappa shape index (κ3) is 3.50. The normalized spacial score (nSPS) is 11.7. The van der Waals surface area contributed by atoms with Crippen molar-refractivity contribution >= 4 is 5.82 Å². The maximum Gasteiger partial charge on any atom is 0.405 e. The molecule has 0 spiro atoms. The van der Waals surface area contributed by atoms with E-state index in [-0.39, 0.29) is 12.6 Å². The Morgan fingerprint density at radius 2 is 1.76 bits per heavy atom. The van der Waals surface area contributed by atoms with E-state index in [0.717, 1.165) is 0 Å². The van der Waals surface area contributed by atoms with E-state index in [1.54, 1.807) is 0 Å². The van der Waals surface area contributed by atoms with Crippen LogP contribution >= 0.6 is 0 Å². The van der Waals surface area contributed by atoms with Gasteiger partial charge in [-0.3, -0.25) is 0 Å². The molecule has 2 nitrogen and oxygen atoms in total. The molecule has 0 atom stereocenters. The van der Waals surface area contributed by atoms with Crippen LogP contribution in [0.5, 0.6) is 0 Å². The number of hydrogen-bond acceptors (Lipinski definition) is 2. The Balaban J connectivity index is 3.08. The number of aromatic nitrogens is 1. The molecule has 1 heterocycles. The van der Waals surface area contributed by atoms with Gasteiger partial charge in [0.05, 0.1) is 0 Å². The molecule has 0 fully saturated rings. The van der Waals surface area contributed by atoms with Gasteiger partial charge in [0.1, 0.15) is 6.54 Å². The van der Waals surface area contributed by atoms with Crippen molar-refractivity contribution in [2.45, 2.75) is 13.1 Å². The fourth-order valence-electron chi connectivity index (χ4n) is 1.21. The second-order valence-electron chi connectivity index (χ2n) is 3.20. The second kappa shape index (κ2) is 4.80. The molecular formula is C9H8F6N2. The van der Waals surface area contributed by atoms with Gasteiger partial charge in [-0.15, -0.1) is 0 Å². The number of pyridine rings is 1. The zero-order valence-electron chi connectivity index (χ0n) is 8.65. The molecule has 1 aromatic heterocycles. The summed E-state index contributed by atoms with van der Waals surface area (Å²) in [7, 11) is 0. The molecule has 0 aliphatic carbocycles. The van der Waals surface area contributed by atoms with Gasteiger partial charge in [-0.1, -0.05) is 0 Å². The Morgan fingerprint density at radius 1 is 1.18 bits per heavy atom. The maximum atomic E-state index is 13.2. The molecule has 0 saturated heterocycles. The average molecular weight is 258 g/mol. The highest BCUT2D eigenvalue weighted by Crippen LogP contribution is 2.23. The largest absolute Gasteiger partial charge is 0.405 e. The van der Waals surface area contributed by atoms with Gasteiger partial charge in [-0.05, 0) is 6.92 Å². The zero-order chi connectivity index (χ0) is 13.2. The van der Waals surface area contributed by atoms with Crippen LogP contribution in [0.2, 0.25) is 0 Å². The highest BCUT2D eigenvalue weighted by atomic mass is 19.4. The van der Waals surface area contributed by atoms with Crippen LogP contribution in [-0.2, 0) is 0 Å². The van der Waals surface area contributed by atoms with Crippen molar-refractivity contribution in [3.05, 3.63) is 23.6 Å². The Morgan fingerprint density at radius 3 is 2.24 bits per heavy atom. The van der Waals surface area contributed by atoms with Gasteiger partial charge in [0.25, 0.3) is 5.95 Å². The first-order valence-electron chi connectivity index (χ1n) is 4.58. The molecule has 1 aromatic rings. The number of alkyl halides is 3. The second-order valence-corrected chi connectivity index (χ2v) is 3.20. The molecule has 96 valence electrons. The van der Waals surface area contributed by atoms with Crippen molar-refractivity contribution in [1.82, 2.24) is 4.98 Å². The predicted molar refractivity (Wildman–Crippen MR) is 48.1 cm³/mol. The molecule has 0 aromatic carbocycles. The van der Waals surface area contributed by atoms with Crippen molar-refractivity contribution in [1.29, 1.82) is 0 Å². The zero-order valence-corrected chi connectivity index (χ0v) is 8.65. The summed E-state index contributed by atoms with van der Waals surface area (Å²) in [4.78, 5) is 3.31. The van der Waals surface area contributed by atoms with Crippen molar-refractivity contribution in [2.24, 2.45) is 0 Å². The van der Waals surface area contributed by atoms with Gasteiger partial charge < -0.3 is 4.90 Å². The first kappa shape index (κ1) is 13.6. The number of nitrogens with zero attached hydrogens (tertiary/aromatic N) is 2. The lowest BCUT2D eigenvalue weighted by molar-refractivity contribution is -0.119. The highest BCUT2D eigenvalue weighted by molar-refractivity contribution is 5.40. The minimum absolute atomic E-state index is 0.163. The van der Waals surface area contributed by atoms with E-state index in [0.29, 0.717) is 4.90 Å². The molecule has 8 heteroatoms. The van der Waals surface area contributed by atoms with Gasteiger partial charge in [0.2, 0.25) is 0 Å². The van der Waals surface area contributed by atoms with Crippen LogP contribution < -0.4 is 4.90 Å². The minimum atomic E-state index is -4.59. The number of rotatable bonds is 3. The van der Waals surface area contributed by atoms with E-state index in [1.165, 1.54) is 6.92 Å². The molecule has 1 rings (SSSR count). The van der Waals surface area contributed by atoms with Crippen LogP contribution in [0.4, 0.5) is 32.2 Å². The lowest BCUT2D eigenvalue weighted by Crippen LogP contribution is -2.35. The summed E-state index contributed by atoms with van der Waals surface area (Å²) in [5.41, 5.74) is 0. The summed E-state index contributed by atoms with van der Waals surface area (Å²) in [5, 5.41) is 0. The Hall–Kier alpha value is -1.47. The molecule has 0 N–H and O–H groups in total. The van der Waals surface area contributed by atoms with E-state index < -0.39 is 36.1 Å². The predicted octanol–water partition coefficient (Wildman–Crippen LogP) is 2.89. The fraction of sp³-hybridized carbons (Fsp3) is 0.444. The molecule has 0 bridgehead atoms. The van der Waals surface area contributed by atoms with E-state index in [1.807, 2.05) is 0 Å². The Labute approximate surface area is 92.9 Å². The van der Waals surface area contributed by atoms with Gasteiger partial charge >= 0.3 is 6.18 Å². The Kier molecular flexibility index (Phi) is 3.84. The summed E-state index contributed by atoms with van der Waals surface area (Å²) in [6.07, 6.45) is -4.59. The standard InChI is InChI=1S/C9H8F6N2/c1-2-17(4-9(13,14)15)8-6(11)3-5(10)7(12)16-8/h3H,2,4H2,1H3. The van der Waals surface area contributed by atoms with E-state index >= 15 is 0 Å². The first-order chi connectivity index (χ1) is 7.74. The lowest BCUT2D eigenvalue weighted by atomic mass is 10.3. The molecule has 0 radical (unpaired) electrons. The van der Waals surface area contributed by atoms with Crippen molar-refractivity contribution < 1.29 is 26.3 Å². The van der Waals surface area contributed by atoms with Crippen molar-refractivity contribution in [2.75, 3.05) is 18.0 Å². The molecule has 0 amide bonds. The Bertz CT molecular complexity index is 403. The molecule has 0 saturated carbocycles. The average Bonchev–Trinajstić information content (AvgIpc) is 2.19. The highest BCUT2D eigenvalue weighted by Gasteiger charge is 2.32. The molecule has 0 unspecified atom stereocenters. The van der Waals surface area contributed by atoms with Crippen LogP contribution in [0.1, 0.15) is 6.92 Å². The van der Waals surface area contributed by atoms with Gasteiger partial charge in [-0.25, -0.2) is 8.78 Å². The fourth-order valence-corrected chi connectivity index (χ4v) is 1.21. The first-order valence-corrected chi connectivity index (χ1v) is 4.58. The van der Waals surface area contributed by atoms with Crippen LogP contribution in [0.25, 0.3) is 0 Å². The molecule has 17 heavy (non-hydrogen) atoms. The van der Waals surface area contributed by atoms with E-state index in [4.69, 9.17) is 0 Å². The number of anilines is 1. The SMILES string of the molecule is CCN(CC(F)(F)F)c1nc(F)c(F)cc1F. The van der Waals surface area contributed by atoms with Crippen LogP contribution in [0, 0.1) is 17.6 Å². The topological polar surface area (TPSA) is 16.1 Å². The van der Waals surface area contributed by atoms with Crippen molar-refractivity contribution in [3.8, 4) is 0 Å². The third-order valence-corrected chi connectivity index (χ3v) is 1.92. The number of halogens is 6. The van der Waals surface area contributed by atoms with Crippen molar-refractivity contribution in [3.63, 3.8) is 0 Å². The van der Waals surface area contributed by atoms with E-state index in [9.17, 15) is 26.3 Å². The summed E-state index contributed by atoms with van der Waals surface area (Å²) >= 11 is 0. The van der Waals surface area contributed by atoms with Gasteiger partial charge in [0, 0.05) is 12.6 Å². The van der Waals surface area contributed by atoms with Gasteiger partial charge in [-0.2, -0.15) is 22.5 Å². The quantitative estimate of drug-likeness (QED) is 0.612. The summed E-state index contributed by atoms with van der Waals surface area (Å²) in [6, 6.07) is 0.163. The third-order valence-electron chi connectivity index (χ3n) is 1.92. The maximum absolute atomic E-state index is 13.2. The number of hydrogen-bond donors (Lipinski definition) is 0. The molecular weight excluding hydrogens is 250 g/mol. The van der Waals surface area contributed by atoms with Crippen LogP contribution in [-0.4, -0.2) is 24.2 Å². The minimum Gasteiger partial charge on any atom is -0.345 e. The summed E-state index contributed by atoms with van der Waals surface area (Å²) in [6.45, 7) is -0.416. The monoisotopic (exact) mass is 258 g/mol. The summed E-state index contributed by atoms with van der Waals surface area (Å²) in [5.74, 6) is -5.38. The molecule has 0 aliphatic rings. The lowest BCUT2D eigenvalue weighted by Gasteiger charge is -2.23. The smallest absolute Gasteiger partial charge is 0.345 e. The summed E-state index contributed by atoms with van der Waals surface area (Å²) < 4.78 is 74.8. The van der Waals surface area contributed by atoms with E-state index in [2.05, 4.69) is 4.98 Å². The molecule has 0 aliphatic heterocycles. The van der Waals surface area contributed by atoms with Crippen LogP contribution in [0.15, 0.2) is 6.07 Å².